The van der Waals surface area contributed by atoms with E-state index in [1.807, 2.05) is 38.1 Å². The lowest BCUT2D eigenvalue weighted by molar-refractivity contribution is -0.125. The third-order valence-electron chi connectivity index (χ3n) is 3.85. The van der Waals surface area contributed by atoms with Crippen LogP contribution >= 0.6 is 12.4 Å². The summed E-state index contributed by atoms with van der Waals surface area (Å²) >= 11 is 0. The van der Waals surface area contributed by atoms with Crippen LogP contribution in [0, 0.1) is 5.92 Å². The molecular weight excluding hydrogens is 324 g/mol. The SMILES string of the molecule is CCN[C@H](C)CNC(=O)C(C)(C)c1ccc(OCC(C)C)cc1.Cl. The number of amides is 1. The van der Waals surface area contributed by atoms with Gasteiger partial charge in [-0.3, -0.25) is 4.79 Å². The number of carbonyl (C=O) groups is 1. The molecule has 1 amide bonds. The molecule has 0 spiro atoms. The van der Waals surface area contributed by atoms with E-state index in [4.69, 9.17) is 4.74 Å². The predicted octanol–water partition coefficient (Wildman–Crippen LogP) is 3.54. The molecule has 0 aliphatic carbocycles. The quantitative estimate of drug-likeness (QED) is 0.711. The fourth-order valence-corrected chi connectivity index (χ4v) is 2.25. The molecule has 0 radical (unpaired) electrons. The second kappa shape index (κ2) is 10.6. The maximum atomic E-state index is 12.5. The average molecular weight is 357 g/mol. The highest BCUT2D eigenvalue weighted by Crippen LogP contribution is 2.25. The topological polar surface area (TPSA) is 50.4 Å². The van der Waals surface area contributed by atoms with Crippen LogP contribution < -0.4 is 15.4 Å². The summed E-state index contributed by atoms with van der Waals surface area (Å²) in [7, 11) is 0. The van der Waals surface area contributed by atoms with Gasteiger partial charge in [0.15, 0.2) is 0 Å². The van der Waals surface area contributed by atoms with Crippen molar-refractivity contribution in [2.24, 2.45) is 5.92 Å². The van der Waals surface area contributed by atoms with Crippen LogP contribution in [0.1, 0.15) is 47.1 Å². The number of halogens is 1. The molecule has 0 heterocycles. The molecule has 0 fully saturated rings. The number of likely N-dealkylation sites (N-methyl/N-ethyl adjacent to an activating group) is 1. The van der Waals surface area contributed by atoms with Crippen LogP contribution in [0.5, 0.6) is 5.75 Å². The van der Waals surface area contributed by atoms with Crippen LogP contribution in [0.2, 0.25) is 0 Å². The zero-order valence-electron chi connectivity index (χ0n) is 15.8. The first kappa shape index (κ1) is 22.7. The van der Waals surface area contributed by atoms with Crippen LogP contribution in [-0.4, -0.2) is 31.6 Å². The minimum Gasteiger partial charge on any atom is -0.493 e. The number of rotatable bonds is 9. The van der Waals surface area contributed by atoms with E-state index >= 15 is 0 Å². The first-order chi connectivity index (χ1) is 10.8. The van der Waals surface area contributed by atoms with E-state index in [0.717, 1.165) is 17.9 Å². The smallest absolute Gasteiger partial charge is 0.230 e. The zero-order chi connectivity index (χ0) is 17.5. The third-order valence-corrected chi connectivity index (χ3v) is 3.85. The van der Waals surface area contributed by atoms with Gasteiger partial charge < -0.3 is 15.4 Å². The second-order valence-electron chi connectivity index (χ2n) is 7.02. The molecule has 24 heavy (non-hydrogen) atoms. The maximum Gasteiger partial charge on any atom is 0.230 e. The molecule has 138 valence electrons. The molecule has 4 nitrogen and oxygen atoms in total. The molecule has 1 atom stereocenters. The lowest BCUT2D eigenvalue weighted by atomic mass is 9.83. The Hall–Kier alpha value is -1.26. The van der Waals surface area contributed by atoms with Crippen LogP contribution in [-0.2, 0) is 10.2 Å². The third kappa shape index (κ3) is 7.10. The Bertz CT molecular complexity index is 487. The van der Waals surface area contributed by atoms with Crippen molar-refractivity contribution in [3.05, 3.63) is 29.8 Å². The van der Waals surface area contributed by atoms with Gasteiger partial charge in [-0.15, -0.1) is 12.4 Å². The fraction of sp³-hybridized carbons (Fsp3) is 0.632. The number of ether oxygens (including phenoxy) is 1. The molecule has 1 aromatic carbocycles. The number of nitrogens with one attached hydrogen (secondary N) is 2. The summed E-state index contributed by atoms with van der Waals surface area (Å²) in [5.41, 5.74) is 0.422. The number of carbonyl (C=O) groups excluding carboxylic acids is 1. The Kier molecular flexibility index (Phi) is 10.0. The molecule has 0 aliphatic heterocycles. The van der Waals surface area contributed by atoms with Crippen molar-refractivity contribution in [2.75, 3.05) is 19.7 Å². The van der Waals surface area contributed by atoms with Gasteiger partial charge in [0.1, 0.15) is 5.75 Å². The molecule has 2 N–H and O–H groups in total. The molecule has 1 aromatic rings. The minimum atomic E-state index is -0.567. The summed E-state index contributed by atoms with van der Waals surface area (Å²) in [4.78, 5) is 12.5. The highest BCUT2D eigenvalue weighted by atomic mass is 35.5. The Morgan fingerprint density at radius 1 is 1.17 bits per heavy atom. The van der Waals surface area contributed by atoms with Crippen LogP contribution in [0.4, 0.5) is 0 Å². The number of hydrogen-bond acceptors (Lipinski definition) is 3. The van der Waals surface area contributed by atoms with E-state index in [-0.39, 0.29) is 24.4 Å². The molecule has 0 saturated heterocycles. The summed E-state index contributed by atoms with van der Waals surface area (Å²) < 4.78 is 5.69. The van der Waals surface area contributed by atoms with Crippen molar-refractivity contribution in [3.8, 4) is 5.75 Å². The van der Waals surface area contributed by atoms with Crippen LogP contribution in [0.3, 0.4) is 0 Å². The van der Waals surface area contributed by atoms with Crippen molar-refractivity contribution in [1.82, 2.24) is 10.6 Å². The Morgan fingerprint density at radius 2 is 1.75 bits per heavy atom. The van der Waals surface area contributed by atoms with Gasteiger partial charge in [0.05, 0.1) is 12.0 Å². The summed E-state index contributed by atoms with van der Waals surface area (Å²) in [6.07, 6.45) is 0. The Morgan fingerprint density at radius 3 is 2.25 bits per heavy atom. The van der Waals surface area contributed by atoms with Crippen molar-refractivity contribution < 1.29 is 9.53 Å². The molecule has 0 saturated carbocycles. The molecule has 0 bridgehead atoms. The van der Waals surface area contributed by atoms with Crippen molar-refractivity contribution in [2.45, 2.75) is 53.0 Å². The summed E-state index contributed by atoms with van der Waals surface area (Å²) in [5, 5.41) is 6.32. The van der Waals surface area contributed by atoms with E-state index in [1.165, 1.54) is 0 Å². The number of hydrogen-bond donors (Lipinski definition) is 2. The Labute approximate surface area is 153 Å². The number of benzene rings is 1. The van der Waals surface area contributed by atoms with Gasteiger partial charge in [0.25, 0.3) is 0 Å². The van der Waals surface area contributed by atoms with Crippen LogP contribution in [0.25, 0.3) is 0 Å². The van der Waals surface area contributed by atoms with Gasteiger partial charge in [-0.2, -0.15) is 0 Å². The van der Waals surface area contributed by atoms with Gasteiger partial charge in [0, 0.05) is 12.6 Å². The summed E-state index contributed by atoms with van der Waals surface area (Å²) in [6, 6.07) is 8.10. The highest BCUT2D eigenvalue weighted by molar-refractivity contribution is 5.87. The minimum absolute atomic E-state index is 0. The highest BCUT2D eigenvalue weighted by Gasteiger charge is 2.29. The molecule has 0 aromatic heterocycles. The van der Waals surface area contributed by atoms with E-state index in [1.54, 1.807) is 0 Å². The first-order valence-corrected chi connectivity index (χ1v) is 8.52. The zero-order valence-corrected chi connectivity index (χ0v) is 16.6. The standard InChI is InChI=1S/C19H32N2O2.ClH/c1-7-20-15(4)12-21-18(22)19(5,6)16-8-10-17(11-9-16)23-13-14(2)3;/h8-11,14-15,20H,7,12-13H2,1-6H3,(H,21,22);1H/t15-;/m1./s1. The molecule has 0 aliphatic rings. The molecule has 0 unspecified atom stereocenters. The van der Waals surface area contributed by atoms with E-state index in [0.29, 0.717) is 19.1 Å². The average Bonchev–Trinajstić information content (AvgIpc) is 2.51. The van der Waals surface area contributed by atoms with E-state index < -0.39 is 5.41 Å². The van der Waals surface area contributed by atoms with Gasteiger partial charge in [0.2, 0.25) is 5.91 Å². The first-order valence-electron chi connectivity index (χ1n) is 8.52. The lowest BCUT2D eigenvalue weighted by Gasteiger charge is -2.25. The lowest BCUT2D eigenvalue weighted by Crippen LogP contribution is -2.45. The second-order valence-corrected chi connectivity index (χ2v) is 7.02. The van der Waals surface area contributed by atoms with E-state index in [9.17, 15) is 4.79 Å². The molecule has 1 rings (SSSR count). The predicted molar refractivity (Wildman–Crippen MR) is 103 cm³/mol. The van der Waals surface area contributed by atoms with Gasteiger partial charge in [-0.25, -0.2) is 0 Å². The van der Waals surface area contributed by atoms with Gasteiger partial charge in [-0.1, -0.05) is 32.9 Å². The van der Waals surface area contributed by atoms with Gasteiger partial charge in [-0.05, 0) is 50.9 Å². The molecular formula is C19H33ClN2O2. The van der Waals surface area contributed by atoms with Crippen molar-refractivity contribution in [1.29, 1.82) is 0 Å². The summed E-state index contributed by atoms with van der Waals surface area (Å²) in [5.74, 6) is 1.38. The van der Waals surface area contributed by atoms with Crippen molar-refractivity contribution >= 4 is 18.3 Å². The van der Waals surface area contributed by atoms with E-state index in [2.05, 4.69) is 38.3 Å². The van der Waals surface area contributed by atoms with Gasteiger partial charge >= 0.3 is 0 Å². The fourth-order valence-electron chi connectivity index (χ4n) is 2.25. The summed E-state index contributed by atoms with van der Waals surface area (Å²) in [6.45, 7) is 14.5. The monoisotopic (exact) mass is 356 g/mol. The maximum absolute atomic E-state index is 12.5. The molecule has 5 heteroatoms. The van der Waals surface area contributed by atoms with Crippen LogP contribution in [0.15, 0.2) is 24.3 Å². The largest absolute Gasteiger partial charge is 0.493 e. The normalized spacial score (nSPS) is 12.5. The Balaban J connectivity index is 0.00000529. The van der Waals surface area contributed by atoms with Crippen molar-refractivity contribution in [3.63, 3.8) is 0 Å².